The number of carboxylic acids is 2. The van der Waals surface area contributed by atoms with Gasteiger partial charge < -0.3 is 15.6 Å². The molecule has 0 spiro atoms. The van der Waals surface area contributed by atoms with Gasteiger partial charge in [-0.15, -0.1) is 0 Å². The smallest absolute Gasteiger partial charge is 0.337 e. The number of benzene rings is 1. The number of carbonyl (C=O) groups is 2. The van der Waals surface area contributed by atoms with E-state index in [0.29, 0.717) is 16.9 Å². The lowest BCUT2D eigenvalue weighted by Crippen LogP contribution is -2.17. The molecule has 6 N–H and O–H groups in total. The van der Waals surface area contributed by atoms with Crippen LogP contribution in [0.15, 0.2) is 59.8 Å². The molecule has 36 heavy (non-hydrogen) atoms. The van der Waals surface area contributed by atoms with Gasteiger partial charge in [-0.2, -0.15) is 5.26 Å². The summed E-state index contributed by atoms with van der Waals surface area (Å²) in [5.41, 5.74) is 3.01. The molecule has 0 aliphatic rings. The van der Waals surface area contributed by atoms with Crippen LogP contribution in [0.25, 0.3) is 16.9 Å². The standard InChI is InChI=1S/C17H11FN4O3.C6H7N3O2/c1-9-4-11(6-19)14(18)5-12(9)13-8-21-22(16(13)23)15-3-2-10(7-20-15)17(24)25;7-9-5-2-1-4(3-8-5)6(10)11/h2-5,7-8,21H,1H3,(H,24,25);1-3H,7H2,(H,8,9)(H,10,11). The number of nitrogens with zero attached hydrogens (tertiary/aromatic N) is 4. The number of rotatable bonds is 5. The highest BCUT2D eigenvalue weighted by molar-refractivity contribution is 5.87. The van der Waals surface area contributed by atoms with Crippen molar-refractivity contribution in [2.45, 2.75) is 6.92 Å². The highest BCUT2D eigenvalue weighted by Crippen LogP contribution is 2.23. The van der Waals surface area contributed by atoms with Gasteiger partial charge in [-0.05, 0) is 54.4 Å². The van der Waals surface area contributed by atoms with E-state index in [-0.39, 0.29) is 28.1 Å². The van der Waals surface area contributed by atoms with Gasteiger partial charge in [0, 0.05) is 18.6 Å². The summed E-state index contributed by atoms with van der Waals surface area (Å²) >= 11 is 0. The van der Waals surface area contributed by atoms with Gasteiger partial charge >= 0.3 is 11.9 Å². The Kier molecular flexibility index (Phi) is 7.53. The molecule has 0 saturated heterocycles. The van der Waals surface area contributed by atoms with Crippen molar-refractivity contribution in [3.05, 3.63) is 93.4 Å². The average Bonchev–Trinajstić information content (AvgIpc) is 3.26. The lowest BCUT2D eigenvalue weighted by molar-refractivity contribution is 0.0685. The maximum atomic E-state index is 13.9. The summed E-state index contributed by atoms with van der Waals surface area (Å²) in [5, 5.41) is 28.9. The van der Waals surface area contributed by atoms with Gasteiger partial charge in [0.1, 0.15) is 17.7 Å². The number of hydrogen-bond acceptors (Lipinski definition) is 8. The van der Waals surface area contributed by atoms with Crippen LogP contribution in [0.2, 0.25) is 0 Å². The second-order valence-corrected chi connectivity index (χ2v) is 7.18. The van der Waals surface area contributed by atoms with E-state index in [1.807, 2.05) is 0 Å². The van der Waals surface area contributed by atoms with E-state index in [1.54, 1.807) is 13.0 Å². The number of carboxylic acid groups (broad SMARTS) is 2. The predicted octanol–water partition coefficient (Wildman–Crippen LogP) is 2.31. The summed E-state index contributed by atoms with van der Waals surface area (Å²) in [6.07, 6.45) is 3.78. The minimum absolute atomic E-state index is 0.00594. The molecule has 4 rings (SSSR count). The fraction of sp³-hybridized carbons (Fsp3) is 0.0435. The van der Waals surface area contributed by atoms with Crippen molar-refractivity contribution in [1.82, 2.24) is 19.7 Å². The van der Waals surface area contributed by atoms with Crippen LogP contribution in [0.4, 0.5) is 10.2 Å². The molecule has 0 fully saturated rings. The summed E-state index contributed by atoms with van der Waals surface area (Å²) in [4.78, 5) is 41.4. The normalized spacial score (nSPS) is 10.1. The number of aryl methyl sites for hydroxylation is 1. The van der Waals surface area contributed by atoms with E-state index in [2.05, 4.69) is 20.5 Å². The SMILES string of the molecule is Cc1cc(C#N)c(F)cc1-c1c[nH]n(-c2ccc(C(=O)O)cn2)c1=O.NNc1ccc(C(=O)O)cn1. The van der Waals surface area contributed by atoms with E-state index in [4.69, 9.17) is 21.3 Å². The molecule has 0 radical (unpaired) electrons. The number of anilines is 1. The molecule has 4 aromatic rings. The first-order valence-electron chi connectivity index (χ1n) is 10.0. The third kappa shape index (κ3) is 5.41. The number of nitrogens with two attached hydrogens (primary N) is 1. The quantitative estimate of drug-likeness (QED) is 0.204. The molecule has 0 aliphatic heterocycles. The summed E-state index contributed by atoms with van der Waals surface area (Å²) in [6.45, 7) is 1.67. The zero-order chi connectivity index (χ0) is 26.4. The fourth-order valence-corrected chi connectivity index (χ4v) is 3.04. The van der Waals surface area contributed by atoms with Gasteiger partial charge in [-0.25, -0.2) is 34.5 Å². The first-order chi connectivity index (χ1) is 17.2. The molecule has 3 aromatic heterocycles. The van der Waals surface area contributed by atoms with Crippen molar-refractivity contribution in [1.29, 1.82) is 5.26 Å². The molecule has 13 heteroatoms. The highest BCUT2D eigenvalue weighted by Gasteiger charge is 2.16. The Morgan fingerprint density at radius 1 is 1.08 bits per heavy atom. The molecule has 1 aromatic carbocycles. The maximum Gasteiger partial charge on any atom is 0.337 e. The number of nitriles is 1. The number of nitrogens with one attached hydrogen (secondary N) is 2. The summed E-state index contributed by atoms with van der Waals surface area (Å²) in [6, 6.07) is 9.89. The van der Waals surface area contributed by atoms with Crippen molar-refractivity contribution in [2.24, 2.45) is 5.84 Å². The van der Waals surface area contributed by atoms with Crippen molar-refractivity contribution in [3.63, 3.8) is 0 Å². The number of aromatic carboxylic acids is 2. The molecular formula is C23H18FN7O5. The van der Waals surface area contributed by atoms with E-state index in [9.17, 15) is 18.8 Å². The number of aromatic amines is 1. The Morgan fingerprint density at radius 2 is 1.72 bits per heavy atom. The highest BCUT2D eigenvalue weighted by atomic mass is 19.1. The van der Waals surface area contributed by atoms with E-state index >= 15 is 0 Å². The molecule has 0 atom stereocenters. The lowest BCUT2D eigenvalue weighted by atomic mass is 10.0. The Labute approximate surface area is 202 Å². The number of H-pyrrole nitrogens is 1. The second-order valence-electron chi connectivity index (χ2n) is 7.18. The number of hydrogen-bond donors (Lipinski definition) is 5. The molecule has 3 heterocycles. The third-order valence-corrected chi connectivity index (χ3v) is 4.88. The maximum absolute atomic E-state index is 13.9. The van der Waals surface area contributed by atoms with Crippen LogP contribution >= 0.6 is 0 Å². The Balaban J connectivity index is 0.000000275. The number of halogens is 1. The van der Waals surface area contributed by atoms with E-state index in [0.717, 1.165) is 16.9 Å². The van der Waals surface area contributed by atoms with Gasteiger partial charge in [0.05, 0.1) is 22.3 Å². The van der Waals surface area contributed by atoms with Crippen LogP contribution in [0.3, 0.4) is 0 Å². The van der Waals surface area contributed by atoms with Crippen LogP contribution in [0, 0.1) is 24.1 Å². The largest absolute Gasteiger partial charge is 0.478 e. The van der Waals surface area contributed by atoms with Gasteiger partial charge in [-0.1, -0.05) is 0 Å². The third-order valence-electron chi connectivity index (χ3n) is 4.88. The average molecular weight is 491 g/mol. The van der Waals surface area contributed by atoms with Crippen LogP contribution in [-0.4, -0.2) is 41.9 Å². The molecule has 0 bridgehead atoms. The Morgan fingerprint density at radius 3 is 2.22 bits per heavy atom. The zero-order valence-corrected chi connectivity index (χ0v) is 18.6. The minimum Gasteiger partial charge on any atom is -0.478 e. The number of hydrazine groups is 1. The monoisotopic (exact) mass is 491 g/mol. The number of nitrogen functional groups attached to an aromatic ring is 1. The fourth-order valence-electron chi connectivity index (χ4n) is 3.04. The van der Waals surface area contributed by atoms with Crippen LogP contribution in [-0.2, 0) is 0 Å². The molecular weight excluding hydrogens is 473 g/mol. The van der Waals surface area contributed by atoms with Crippen LogP contribution in [0.5, 0.6) is 0 Å². The molecule has 0 aliphatic carbocycles. The Bertz CT molecular complexity index is 1520. The predicted molar refractivity (Wildman–Crippen MR) is 125 cm³/mol. The van der Waals surface area contributed by atoms with Crippen LogP contribution in [0.1, 0.15) is 31.8 Å². The molecule has 12 nitrogen and oxygen atoms in total. The number of pyridine rings is 2. The second kappa shape index (κ2) is 10.7. The Hall–Kier alpha value is -5.35. The van der Waals surface area contributed by atoms with Gasteiger partial charge in [0.25, 0.3) is 5.56 Å². The van der Waals surface area contributed by atoms with Gasteiger partial charge in [-0.3, -0.25) is 9.89 Å². The van der Waals surface area contributed by atoms with Gasteiger partial charge in [0.15, 0.2) is 5.82 Å². The van der Waals surface area contributed by atoms with Crippen LogP contribution < -0.4 is 16.8 Å². The summed E-state index contributed by atoms with van der Waals surface area (Å²) < 4.78 is 15.0. The first-order valence-corrected chi connectivity index (χ1v) is 10.0. The van der Waals surface area contributed by atoms with Crippen molar-refractivity contribution < 1.29 is 24.2 Å². The zero-order valence-electron chi connectivity index (χ0n) is 18.6. The molecule has 0 amide bonds. The topological polar surface area (TPSA) is 200 Å². The summed E-state index contributed by atoms with van der Waals surface area (Å²) in [5.74, 6) is 2.83. The molecule has 182 valence electrons. The minimum atomic E-state index is -1.12. The van der Waals surface area contributed by atoms with Gasteiger partial charge in [0.2, 0.25) is 0 Å². The van der Waals surface area contributed by atoms with E-state index < -0.39 is 23.3 Å². The van der Waals surface area contributed by atoms with E-state index in [1.165, 1.54) is 42.7 Å². The first kappa shape index (κ1) is 25.3. The number of aromatic nitrogens is 4. The lowest BCUT2D eigenvalue weighted by Gasteiger charge is -2.04. The van der Waals surface area contributed by atoms with Crippen molar-refractivity contribution >= 4 is 17.8 Å². The summed E-state index contributed by atoms with van der Waals surface area (Å²) in [7, 11) is 0. The van der Waals surface area contributed by atoms with Crippen molar-refractivity contribution in [3.8, 4) is 23.0 Å². The van der Waals surface area contributed by atoms with Crippen molar-refractivity contribution in [2.75, 3.05) is 5.43 Å². The molecule has 0 unspecified atom stereocenters. The molecule has 0 saturated carbocycles.